The third kappa shape index (κ3) is 4.02. The minimum Gasteiger partial charge on any atom is -0.378 e. The fourth-order valence-corrected chi connectivity index (χ4v) is 3.22. The average molecular weight is 391 g/mol. The standard InChI is InChI=1S/C21H21N5O3/c1-15-17(21(28)25-10-12-29-13-11-25)4-2-5-18(15)24-20(27)16-6-8-22-19(14-16)26-9-3-7-23-26/h2-9,14H,10-13H2,1H3,(H,24,27). The predicted molar refractivity (Wildman–Crippen MR) is 107 cm³/mol. The van der Waals surface area contributed by atoms with Crippen LogP contribution in [-0.4, -0.2) is 57.8 Å². The van der Waals surface area contributed by atoms with Gasteiger partial charge in [0.15, 0.2) is 5.82 Å². The van der Waals surface area contributed by atoms with Gasteiger partial charge >= 0.3 is 0 Å². The number of carbonyl (C=O) groups excluding carboxylic acids is 2. The number of pyridine rings is 1. The molecule has 148 valence electrons. The number of ether oxygens (including phenoxy) is 1. The van der Waals surface area contributed by atoms with Crippen LogP contribution in [0.25, 0.3) is 5.82 Å². The van der Waals surface area contributed by atoms with E-state index in [0.29, 0.717) is 48.9 Å². The van der Waals surface area contributed by atoms with E-state index in [2.05, 4.69) is 15.4 Å². The second-order valence-corrected chi connectivity index (χ2v) is 6.69. The van der Waals surface area contributed by atoms with Crippen LogP contribution in [0.4, 0.5) is 5.69 Å². The van der Waals surface area contributed by atoms with Gasteiger partial charge in [-0.2, -0.15) is 5.10 Å². The molecule has 2 aromatic heterocycles. The molecule has 0 atom stereocenters. The van der Waals surface area contributed by atoms with Crippen LogP contribution in [0.1, 0.15) is 26.3 Å². The van der Waals surface area contributed by atoms with Gasteiger partial charge in [0, 0.05) is 48.5 Å². The normalized spacial score (nSPS) is 13.9. The highest BCUT2D eigenvalue weighted by Crippen LogP contribution is 2.22. The minimum absolute atomic E-state index is 0.0493. The quantitative estimate of drug-likeness (QED) is 0.737. The van der Waals surface area contributed by atoms with Crippen molar-refractivity contribution in [2.45, 2.75) is 6.92 Å². The van der Waals surface area contributed by atoms with Crippen LogP contribution >= 0.6 is 0 Å². The number of benzene rings is 1. The summed E-state index contributed by atoms with van der Waals surface area (Å²) in [5, 5.41) is 7.04. The molecule has 1 saturated heterocycles. The Kier molecular flexibility index (Phi) is 5.35. The van der Waals surface area contributed by atoms with E-state index in [9.17, 15) is 9.59 Å². The summed E-state index contributed by atoms with van der Waals surface area (Å²) in [6, 6.07) is 10.4. The number of carbonyl (C=O) groups is 2. The zero-order valence-corrected chi connectivity index (χ0v) is 16.0. The van der Waals surface area contributed by atoms with Crippen molar-refractivity contribution in [2.24, 2.45) is 0 Å². The van der Waals surface area contributed by atoms with Crippen LogP contribution in [0.15, 0.2) is 55.0 Å². The Morgan fingerprint density at radius 3 is 2.69 bits per heavy atom. The van der Waals surface area contributed by atoms with Gasteiger partial charge in [0.2, 0.25) is 0 Å². The van der Waals surface area contributed by atoms with Crippen LogP contribution in [-0.2, 0) is 4.74 Å². The van der Waals surface area contributed by atoms with Gasteiger partial charge in [-0.05, 0) is 42.8 Å². The van der Waals surface area contributed by atoms with E-state index in [-0.39, 0.29) is 11.8 Å². The van der Waals surface area contributed by atoms with Crippen molar-refractivity contribution >= 4 is 17.5 Å². The third-order valence-corrected chi connectivity index (χ3v) is 4.86. The maximum atomic E-state index is 12.8. The van der Waals surface area contributed by atoms with Crippen molar-refractivity contribution in [3.8, 4) is 5.82 Å². The molecule has 8 heteroatoms. The molecule has 3 heterocycles. The minimum atomic E-state index is -0.278. The van der Waals surface area contributed by atoms with Crippen LogP contribution in [0, 0.1) is 6.92 Å². The van der Waals surface area contributed by atoms with Crippen molar-refractivity contribution in [2.75, 3.05) is 31.6 Å². The van der Waals surface area contributed by atoms with E-state index in [1.54, 1.807) is 64.6 Å². The van der Waals surface area contributed by atoms with E-state index in [1.165, 1.54) is 0 Å². The van der Waals surface area contributed by atoms with Gasteiger partial charge in [0.25, 0.3) is 11.8 Å². The number of hydrogen-bond acceptors (Lipinski definition) is 5. The lowest BCUT2D eigenvalue weighted by molar-refractivity contribution is 0.0302. The summed E-state index contributed by atoms with van der Waals surface area (Å²) in [6.07, 6.45) is 4.97. The van der Waals surface area contributed by atoms with Crippen molar-refractivity contribution in [3.63, 3.8) is 0 Å². The molecule has 0 radical (unpaired) electrons. The number of hydrogen-bond donors (Lipinski definition) is 1. The summed E-state index contributed by atoms with van der Waals surface area (Å²) in [7, 11) is 0. The largest absolute Gasteiger partial charge is 0.378 e. The van der Waals surface area contributed by atoms with Gasteiger partial charge in [-0.1, -0.05) is 6.07 Å². The fourth-order valence-electron chi connectivity index (χ4n) is 3.22. The third-order valence-electron chi connectivity index (χ3n) is 4.86. The zero-order valence-electron chi connectivity index (χ0n) is 16.0. The number of amides is 2. The number of aromatic nitrogens is 3. The first-order valence-electron chi connectivity index (χ1n) is 9.37. The molecule has 2 amide bonds. The Hall–Kier alpha value is -3.52. The second kappa shape index (κ2) is 8.24. The summed E-state index contributed by atoms with van der Waals surface area (Å²) < 4.78 is 6.90. The van der Waals surface area contributed by atoms with Crippen LogP contribution in [0.3, 0.4) is 0 Å². The molecular weight excluding hydrogens is 370 g/mol. The first-order valence-corrected chi connectivity index (χ1v) is 9.37. The fraction of sp³-hybridized carbons (Fsp3) is 0.238. The molecular formula is C21H21N5O3. The topological polar surface area (TPSA) is 89.3 Å². The van der Waals surface area contributed by atoms with E-state index >= 15 is 0 Å². The maximum absolute atomic E-state index is 12.8. The number of nitrogens with zero attached hydrogens (tertiary/aromatic N) is 4. The summed E-state index contributed by atoms with van der Waals surface area (Å²) in [5.41, 5.74) is 2.37. The Morgan fingerprint density at radius 1 is 1.10 bits per heavy atom. The highest BCUT2D eigenvalue weighted by molar-refractivity contribution is 6.06. The van der Waals surface area contributed by atoms with Crippen molar-refractivity contribution in [1.82, 2.24) is 19.7 Å². The molecule has 1 aliphatic heterocycles. The molecule has 0 unspecified atom stereocenters. The molecule has 1 N–H and O–H groups in total. The Morgan fingerprint density at radius 2 is 1.93 bits per heavy atom. The number of anilines is 1. The summed E-state index contributed by atoms with van der Waals surface area (Å²) in [5.74, 6) is 0.224. The van der Waals surface area contributed by atoms with Gasteiger partial charge < -0.3 is 15.0 Å². The van der Waals surface area contributed by atoms with Crippen LogP contribution in [0.2, 0.25) is 0 Å². The molecule has 0 bridgehead atoms. The Bertz CT molecular complexity index is 1030. The van der Waals surface area contributed by atoms with Crippen molar-refractivity contribution in [3.05, 3.63) is 71.7 Å². The number of morpholine rings is 1. The summed E-state index contributed by atoms with van der Waals surface area (Å²) in [4.78, 5) is 31.6. The lowest BCUT2D eigenvalue weighted by Crippen LogP contribution is -2.41. The second-order valence-electron chi connectivity index (χ2n) is 6.69. The Balaban J connectivity index is 1.54. The van der Waals surface area contributed by atoms with Gasteiger partial charge in [0.05, 0.1) is 13.2 Å². The molecule has 0 aliphatic carbocycles. The summed E-state index contributed by atoms with van der Waals surface area (Å²) >= 11 is 0. The molecule has 0 saturated carbocycles. The zero-order chi connectivity index (χ0) is 20.2. The molecule has 1 aromatic carbocycles. The summed E-state index contributed by atoms with van der Waals surface area (Å²) in [6.45, 7) is 4.07. The number of rotatable bonds is 4. The Labute approximate surface area is 168 Å². The molecule has 3 aromatic rings. The van der Waals surface area contributed by atoms with Crippen molar-refractivity contribution in [1.29, 1.82) is 0 Å². The first-order chi connectivity index (χ1) is 14.1. The van der Waals surface area contributed by atoms with Gasteiger partial charge in [-0.25, -0.2) is 9.67 Å². The maximum Gasteiger partial charge on any atom is 0.255 e. The highest BCUT2D eigenvalue weighted by Gasteiger charge is 2.21. The lowest BCUT2D eigenvalue weighted by atomic mass is 10.0. The van der Waals surface area contributed by atoms with E-state index in [1.807, 2.05) is 6.92 Å². The molecule has 4 rings (SSSR count). The molecule has 1 aliphatic rings. The van der Waals surface area contributed by atoms with E-state index in [0.717, 1.165) is 5.56 Å². The van der Waals surface area contributed by atoms with E-state index in [4.69, 9.17) is 4.74 Å². The van der Waals surface area contributed by atoms with Gasteiger partial charge in [-0.15, -0.1) is 0 Å². The van der Waals surface area contributed by atoms with Gasteiger partial charge in [0.1, 0.15) is 0 Å². The van der Waals surface area contributed by atoms with Gasteiger partial charge in [-0.3, -0.25) is 9.59 Å². The predicted octanol–water partition coefficient (Wildman–Crippen LogP) is 2.30. The molecule has 8 nitrogen and oxygen atoms in total. The van der Waals surface area contributed by atoms with Crippen molar-refractivity contribution < 1.29 is 14.3 Å². The smallest absolute Gasteiger partial charge is 0.255 e. The lowest BCUT2D eigenvalue weighted by Gasteiger charge is -2.27. The molecule has 0 spiro atoms. The average Bonchev–Trinajstić information content (AvgIpc) is 3.30. The monoisotopic (exact) mass is 391 g/mol. The highest BCUT2D eigenvalue weighted by atomic mass is 16.5. The number of nitrogens with one attached hydrogen (secondary N) is 1. The molecule has 1 fully saturated rings. The SMILES string of the molecule is Cc1c(NC(=O)c2ccnc(-n3cccn3)c2)cccc1C(=O)N1CCOCC1. The van der Waals surface area contributed by atoms with E-state index < -0.39 is 0 Å². The molecule has 29 heavy (non-hydrogen) atoms. The van der Waals surface area contributed by atoms with Crippen LogP contribution < -0.4 is 5.32 Å². The van der Waals surface area contributed by atoms with Crippen LogP contribution in [0.5, 0.6) is 0 Å². The first kappa shape index (κ1) is 18.8.